The lowest BCUT2D eigenvalue weighted by molar-refractivity contribution is 0.613. The van der Waals surface area contributed by atoms with Gasteiger partial charge in [0, 0.05) is 10.7 Å². The topological polar surface area (TPSA) is 80.0 Å². The van der Waals surface area contributed by atoms with Gasteiger partial charge in [-0.05, 0) is 24.6 Å². The Bertz CT molecular complexity index is 497. The molecule has 1 heterocycles. The minimum atomic E-state index is -0.119. The molecular formula is C12H16ClN5. The van der Waals surface area contributed by atoms with Crippen molar-refractivity contribution in [3.8, 4) is 0 Å². The van der Waals surface area contributed by atoms with Crippen molar-refractivity contribution in [2.45, 2.75) is 25.9 Å². The van der Waals surface area contributed by atoms with Crippen LogP contribution in [0.5, 0.6) is 0 Å². The second-order valence-corrected chi connectivity index (χ2v) is 4.51. The van der Waals surface area contributed by atoms with Gasteiger partial charge in [-0.1, -0.05) is 31.0 Å². The molecule has 0 aromatic heterocycles. The first kappa shape index (κ1) is 12.7. The van der Waals surface area contributed by atoms with Crippen molar-refractivity contribution in [2.75, 3.05) is 4.90 Å². The summed E-state index contributed by atoms with van der Waals surface area (Å²) in [5, 5.41) is 0.651. The highest BCUT2D eigenvalue weighted by Gasteiger charge is 2.25. The van der Waals surface area contributed by atoms with E-state index in [9.17, 15) is 0 Å². The van der Waals surface area contributed by atoms with E-state index in [2.05, 4.69) is 16.9 Å². The van der Waals surface area contributed by atoms with Crippen molar-refractivity contribution in [3.63, 3.8) is 0 Å². The molecule has 0 fully saturated rings. The van der Waals surface area contributed by atoms with Gasteiger partial charge in [0.05, 0.1) is 0 Å². The van der Waals surface area contributed by atoms with Crippen molar-refractivity contribution >= 4 is 29.2 Å². The molecule has 2 rings (SSSR count). The molecule has 0 bridgehead atoms. The predicted molar refractivity (Wildman–Crippen MR) is 75.9 cm³/mol. The fourth-order valence-electron chi connectivity index (χ4n) is 1.95. The highest BCUT2D eigenvalue weighted by atomic mass is 35.5. The Kier molecular flexibility index (Phi) is 3.72. The number of nitrogens with zero attached hydrogens (tertiary/aromatic N) is 3. The van der Waals surface area contributed by atoms with Gasteiger partial charge in [0.1, 0.15) is 6.17 Å². The minimum Gasteiger partial charge on any atom is -0.369 e. The number of hydrogen-bond donors (Lipinski definition) is 2. The van der Waals surface area contributed by atoms with Crippen LogP contribution in [0.1, 0.15) is 19.8 Å². The Morgan fingerprint density at radius 2 is 2.17 bits per heavy atom. The number of benzene rings is 1. The summed E-state index contributed by atoms with van der Waals surface area (Å²) >= 11 is 6.00. The first-order valence-corrected chi connectivity index (χ1v) is 6.22. The lowest BCUT2D eigenvalue weighted by atomic mass is 10.2. The van der Waals surface area contributed by atoms with Gasteiger partial charge in [-0.25, -0.2) is 4.99 Å². The van der Waals surface area contributed by atoms with Crippen LogP contribution in [0, 0.1) is 0 Å². The van der Waals surface area contributed by atoms with E-state index in [-0.39, 0.29) is 12.1 Å². The number of aliphatic imine (C=N–C) groups is 2. The highest BCUT2D eigenvalue weighted by molar-refractivity contribution is 6.31. The number of anilines is 1. The molecule has 1 aromatic carbocycles. The van der Waals surface area contributed by atoms with Crippen LogP contribution >= 0.6 is 11.6 Å². The van der Waals surface area contributed by atoms with Crippen molar-refractivity contribution in [1.29, 1.82) is 0 Å². The third-order valence-electron chi connectivity index (χ3n) is 2.69. The van der Waals surface area contributed by atoms with E-state index in [1.54, 1.807) is 0 Å². The molecule has 1 atom stereocenters. The maximum Gasteiger partial charge on any atom is 0.220 e. The molecule has 0 aliphatic carbocycles. The lowest BCUT2D eigenvalue weighted by Crippen LogP contribution is -2.48. The average Bonchev–Trinajstić information content (AvgIpc) is 2.28. The SMILES string of the molecule is CCCC1N=C(N)N=C(N)N1c1cccc(Cl)c1. The van der Waals surface area contributed by atoms with Crippen LogP contribution in [-0.4, -0.2) is 18.1 Å². The maximum atomic E-state index is 6.00. The second kappa shape index (κ2) is 5.27. The molecule has 0 spiro atoms. The molecule has 1 aliphatic rings. The Hall–Kier alpha value is -1.75. The largest absolute Gasteiger partial charge is 0.369 e. The quantitative estimate of drug-likeness (QED) is 0.876. The van der Waals surface area contributed by atoms with Crippen molar-refractivity contribution < 1.29 is 0 Å². The van der Waals surface area contributed by atoms with Crippen LogP contribution in [0.15, 0.2) is 34.3 Å². The Labute approximate surface area is 111 Å². The van der Waals surface area contributed by atoms with Crippen LogP contribution in [0.2, 0.25) is 5.02 Å². The van der Waals surface area contributed by atoms with Crippen LogP contribution in [0.25, 0.3) is 0 Å². The van der Waals surface area contributed by atoms with Crippen molar-refractivity contribution in [3.05, 3.63) is 29.3 Å². The van der Waals surface area contributed by atoms with Gasteiger partial charge in [-0.3, -0.25) is 4.90 Å². The Balaban J connectivity index is 2.37. The van der Waals surface area contributed by atoms with E-state index < -0.39 is 0 Å². The molecular weight excluding hydrogens is 250 g/mol. The molecule has 1 aromatic rings. The zero-order chi connectivity index (χ0) is 13.1. The van der Waals surface area contributed by atoms with Crippen LogP contribution in [0.3, 0.4) is 0 Å². The standard InChI is InChI=1S/C12H16ClN5/c1-2-4-10-16-11(14)17-12(15)18(10)9-6-3-5-8(13)7-9/h3,5-7,10H,2,4H2,1H3,(H4,14,15,16,17). The summed E-state index contributed by atoms with van der Waals surface area (Å²) < 4.78 is 0. The third-order valence-corrected chi connectivity index (χ3v) is 2.92. The van der Waals surface area contributed by atoms with Gasteiger partial charge >= 0.3 is 0 Å². The van der Waals surface area contributed by atoms with Gasteiger partial charge in [-0.15, -0.1) is 0 Å². The van der Waals surface area contributed by atoms with Gasteiger partial charge in [-0.2, -0.15) is 4.99 Å². The number of halogens is 1. The molecule has 1 unspecified atom stereocenters. The number of rotatable bonds is 3. The lowest BCUT2D eigenvalue weighted by Gasteiger charge is -2.32. The fourth-order valence-corrected chi connectivity index (χ4v) is 2.13. The number of hydrogen-bond acceptors (Lipinski definition) is 5. The maximum absolute atomic E-state index is 6.00. The summed E-state index contributed by atoms with van der Waals surface area (Å²) in [6, 6.07) is 7.45. The molecule has 0 amide bonds. The van der Waals surface area contributed by atoms with E-state index >= 15 is 0 Å². The molecule has 0 radical (unpaired) electrons. The van der Waals surface area contributed by atoms with Gasteiger partial charge < -0.3 is 11.5 Å². The number of nitrogens with two attached hydrogens (primary N) is 2. The Morgan fingerprint density at radius 1 is 1.39 bits per heavy atom. The van der Waals surface area contributed by atoms with E-state index in [0.29, 0.717) is 11.0 Å². The monoisotopic (exact) mass is 265 g/mol. The van der Waals surface area contributed by atoms with E-state index in [1.165, 1.54) is 0 Å². The number of guanidine groups is 2. The molecule has 1 aliphatic heterocycles. The van der Waals surface area contributed by atoms with E-state index in [0.717, 1.165) is 18.5 Å². The first-order chi connectivity index (χ1) is 8.61. The smallest absolute Gasteiger partial charge is 0.220 e. The molecule has 6 heteroatoms. The van der Waals surface area contributed by atoms with Crippen molar-refractivity contribution in [2.24, 2.45) is 21.5 Å². The van der Waals surface area contributed by atoms with Crippen LogP contribution < -0.4 is 16.4 Å². The molecule has 0 saturated heterocycles. The minimum absolute atomic E-state index is 0.119. The summed E-state index contributed by atoms with van der Waals surface area (Å²) in [5.41, 5.74) is 12.5. The molecule has 96 valence electrons. The summed E-state index contributed by atoms with van der Waals surface area (Å²) in [5.74, 6) is 0.576. The molecule has 5 nitrogen and oxygen atoms in total. The molecule has 0 saturated carbocycles. The third kappa shape index (κ3) is 2.56. The zero-order valence-electron chi connectivity index (χ0n) is 10.2. The fraction of sp³-hybridized carbons (Fsp3) is 0.333. The first-order valence-electron chi connectivity index (χ1n) is 5.84. The van der Waals surface area contributed by atoms with E-state index in [4.69, 9.17) is 23.1 Å². The normalized spacial score (nSPS) is 19.4. The predicted octanol–water partition coefficient (Wildman–Crippen LogP) is 1.92. The zero-order valence-corrected chi connectivity index (χ0v) is 10.9. The Morgan fingerprint density at radius 3 is 2.83 bits per heavy atom. The van der Waals surface area contributed by atoms with Crippen LogP contribution in [0.4, 0.5) is 5.69 Å². The van der Waals surface area contributed by atoms with Gasteiger partial charge in [0.2, 0.25) is 11.9 Å². The van der Waals surface area contributed by atoms with Crippen LogP contribution in [-0.2, 0) is 0 Å². The second-order valence-electron chi connectivity index (χ2n) is 4.08. The summed E-state index contributed by atoms with van der Waals surface area (Å²) in [6.07, 6.45) is 1.71. The van der Waals surface area contributed by atoms with Gasteiger partial charge in [0.15, 0.2) is 0 Å². The van der Waals surface area contributed by atoms with Gasteiger partial charge in [0.25, 0.3) is 0 Å². The summed E-state index contributed by atoms with van der Waals surface area (Å²) in [7, 11) is 0. The molecule has 4 N–H and O–H groups in total. The summed E-state index contributed by atoms with van der Waals surface area (Å²) in [4.78, 5) is 10.2. The molecule has 18 heavy (non-hydrogen) atoms. The van der Waals surface area contributed by atoms with Crippen molar-refractivity contribution in [1.82, 2.24) is 0 Å². The van der Waals surface area contributed by atoms with E-state index in [1.807, 2.05) is 29.2 Å². The average molecular weight is 266 g/mol. The summed E-state index contributed by atoms with van der Waals surface area (Å²) in [6.45, 7) is 2.09. The highest BCUT2D eigenvalue weighted by Crippen LogP contribution is 2.24.